The minimum atomic E-state index is -0.219. The number of pyridine rings is 1. The summed E-state index contributed by atoms with van der Waals surface area (Å²) in [5.41, 5.74) is 3.91. The maximum Gasteiger partial charge on any atom is 0.124 e. The van der Waals surface area contributed by atoms with Crippen LogP contribution in [0.1, 0.15) is 0 Å². The van der Waals surface area contributed by atoms with Crippen LogP contribution in [0.5, 0.6) is 0 Å². The molecule has 1 aliphatic rings. The molecule has 23 heavy (non-hydrogen) atoms. The number of anilines is 1. The van der Waals surface area contributed by atoms with Crippen molar-refractivity contribution in [2.75, 3.05) is 31.1 Å². The third kappa shape index (κ3) is 2.78. The molecule has 2 heterocycles. The Bertz CT molecular complexity index is 827. The first-order valence-electron chi connectivity index (χ1n) is 7.93. The van der Waals surface area contributed by atoms with Gasteiger partial charge in [0.15, 0.2) is 0 Å². The van der Waals surface area contributed by atoms with Crippen LogP contribution in [0.3, 0.4) is 0 Å². The number of nitrogens with zero attached hydrogens (tertiary/aromatic N) is 2. The highest BCUT2D eigenvalue weighted by Crippen LogP contribution is 2.31. The Kier molecular flexibility index (Phi) is 3.67. The van der Waals surface area contributed by atoms with Gasteiger partial charge in [0.25, 0.3) is 0 Å². The molecule has 0 radical (unpaired) electrons. The van der Waals surface area contributed by atoms with Gasteiger partial charge in [0.1, 0.15) is 5.82 Å². The molecule has 2 aromatic carbocycles. The number of nitrogens with one attached hydrogen (secondary N) is 1. The van der Waals surface area contributed by atoms with Crippen LogP contribution in [-0.4, -0.2) is 31.2 Å². The minimum Gasteiger partial charge on any atom is -0.368 e. The van der Waals surface area contributed by atoms with Crippen LogP contribution in [-0.2, 0) is 0 Å². The van der Waals surface area contributed by atoms with Crippen molar-refractivity contribution in [3.8, 4) is 11.3 Å². The van der Waals surface area contributed by atoms with E-state index < -0.39 is 0 Å². The van der Waals surface area contributed by atoms with Crippen molar-refractivity contribution in [3.05, 3.63) is 60.4 Å². The van der Waals surface area contributed by atoms with Crippen molar-refractivity contribution in [3.63, 3.8) is 0 Å². The van der Waals surface area contributed by atoms with Crippen LogP contribution in [0.25, 0.3) is 22.2 Å². The van der Waals surface area contributed by atoms with Crippen LogP contribution < -0.4 is 10.2 Å². The van der Waals surface area contributed by atoms with Crippen molar-refractivity contribution in [2.45, 2.75) is 0 Å². The monoisotopic (exact) mass is 307 g/mol. The van der Waals surface area contributed by atoms with Gasteiger partial charge in [-0.05, 0) is 24.3 Å². The average Bonchev–Trinajstić information content (AvgIpc) is 2.62. The van der Waals surface area contributed by atoms with Crippen molar-refractivity contribution < 1.29 is 4.39 Å². The molecule has 1 fully saturated rings. The molecule has 0 amide bonds. The Morgan fingerprint density at radius 2 is 1.74 bits per heavy atom. The zero-order chi connectivity index (χ0) is 15.6. The predicted octanol–water partition coefficient (Wildman–Crippen LogP) is 3.45. The highest BCUT2D eigenvalue weighted by molar-refractivity contribution is 5.94. The minimum absolute atomic E-state index is 0.219. The first-order valence-corrected chi connectivity index (χ1v) is 7.93. The summed E-state index contributed by atoms with van der Waals surface area (Å²) >= 11 is 0. The molecule has 0 spiro atoms. The van der Waals surface area contributed by atoms with Crippen molar-refractivity contribution in [1.82, 2.24) is 10.3 Å². The van der Waals surface area contributed by atoms with Gasteiger partial charge in [-0.2, -0.15) is 0 Å². The van der Waals surface area contributed by atoms with E-state index in [0.29, 0.717) is 0 Å². The molecule has 116 valence electrons. The second kappa shape index (κ2) is 5.97. The Morgan fingerprint density at radius 1 is 0.957 bits per heavy atom. The second-order valence-corrected chi connectivity index (χ2v) is 5.79. The number of halogens is 1. The summed E-state index contributed by atoms with van der Waals surface area (Å²) in [5.74, 6) is -0.219. The lowest BCUT2D eigenvalue weighted by Gasteiger charge is -2.30. The van der Waals surface area contributed by atoms with Crippen LogP contribution in [0.15, 0.2) is 54.6 Å². The molecule has 1 aromatic heterocycles. The number of hydrogen-bond acceptors (Lipinski definition) is 3. The van der Waals surface area contributed by atoms with Crippen LogP contribution in [0.2, 0.25) is 0 Å². The van der Waals surface area contributed by atoms with Crippen LogP contribution in [0, 0.1) is 5.82 Å². The van der Waals surface area contributed by atoms with Crippen molar-refractivity contribution >= 4 is 16.6 Å². The number of benzene rings is 2. The summed E-state index contributed by atoms with van der Waals surface area (Å²) in [7, 11) is 0. The van der Waals surface area contributed by atoms with Gasteiger partial charge in [-0.3, -0.25) is 0 Å². The first-order chi connectivity index (χ1) is 11.3. The zero-order valence-corrected chi connectivity index (χ0v) is 12.8. The van der Waals surface area contributed by atoms with E-state index in [1.54, 1.807) is 12.1 Å². The quantitative estimate of drug-likeness (QED) is 0.786. The number of hydrogen-bond donors (Lipinski definition) is 1. The smallest absolute Gasteiger partial charge is 0.124 e. The fourth-order valence-electron chi connectivity index (χ4n) is 3.10. The lowest BCUT2D eigenvalue weighted by Crippen LogP contribution is -2.43. The summed E-state index contributed by atoms with van der Waals surface area (Å²) in [6.07, 6.45) is 0. The summed E-state index contributed by atoms with van der Waals surface area (Å²) < 4.78 is 13.7. The summed E-state index contributed by atoms with van der Waals surface area (Å²) in [4.78, 5) is 7.05. The SMILES string of the molecule is Fc1ccc2nc(-c3ccccc3)cc(N3CCNCC3)c2c1. The molecule has 0 saturated carbocycles. The number of rotatable bonds is 2. The van der Waals surface area contributed by atoms with Gasteiger partial charge in [0, 0.05) is 42.8 Å². The molecule has 3 aromatic rings. The molecule has 4 heteroatoms. The lowest BCUT2D eigenvalue weighted by molar-refractivity contribution is 0.590. The molecular formula is C19H18FN3. The molecule has 1 saturated heterocycles. The first kappa shape index (κ1) is 14.2. The van der Waals surface area contributed by atoms with E-state index in [9.17, 15) is 4.39 Å². The average molecular weight is 307 g/mol. The summed E-state index contributed by atoms with van der Waals surface area (Å²) in [6.45, 7) is 3.73. The second-order valence-electron chi connectivity index (χ2n) is 5.79. The van der Waals surface area contributed by atoms with Gasteiger partial charge in [-0.15, -0.1) is 0 Å². The number of fused-ring (bicyclic) bond motifs is 1. The molecule has 0 unspecified atom stereocenters. The Labute approximate surface area is 134 Å². The Morgan fingerprint density at radius 3 is 2.52 bits per heavy atom. The topological polar surface area (TPSA) is 28.2 Å². The molecule has 1 aliphatic heterocycles. The Balaban J connectivity index is 1.91. The van der Waals surface area contributed by atoms with Gasteiger partial charge in [-0.25, -0.2) is 9.37 Å². The lowest BCUT2D eigenvalue weighted by atomic mass is 10.1. The third-order valence-electron chi connectivity index (χ3n) is 4.28. The van der Waals surface area contributed by atoms with Crippen LogP contribution >= 0.6 is 0 Å². The van der Waals surface area contributed by atoms with Crippen molar-refractivity contribution in [1.29, 1.82) is 0 Å². The van der Waals surface area contributed by atoms with Gasteiger partial charge >= 0.3 is 0 Å². The van der Waals surface area contributed by atoms with E-state index in [0.717, 1.165) is 54.0 Å². The van der Waals surface area contributed by atoms with E-state index in [-0.39, 0.29) is 5.82 Å². The van der Waals surface area contributed by atoms with Gasteiger partial charge in [0.05, 0.1) is 11.2 Å². The third-order valence-corrected chi connectivity index (χ3v) is 4.28. The number of piperazine rings is 1. The summed E-state index contributed by atoms with van der Waals surface area (Å²) in [5, 5.41) is 4.24. The van der Waals surface area contributed by atoms with Gasteiger partial charge < -0.3 is 10.2 Å². The van der Waals surface area contributed by atoms with E-state index >= 15 is 0 Å². The predicted molar refractivity (Wildman–Crippen MR) is 92.2 cm³/mol. The standard InChI is InChI=1S/C19H18FN3/c20-15-6-7-17-16(12-15)19(23-10-8-21-9-11-23)13-18(22-17)14-4-2-1-3-5-14/h1-7,12-13,21H,8-11H2. The number of aromatic nitrogens is 1. The van der Waals surface area contributed by atoms with Crippen molar-refractivity contribution in [2.24, 2.45) is 0 Å². The normalized spacial score (nSPS) is 15.1. The Hall–Kier alpha value is -2.46. The molecule has 0 bridgehead atoms. The van der Waals surface area contributed by atoms with Gasteiger partial charge in [0.2, 0.25) is 0 Å². The molecule has 3 nitrogen and oxygen atoms in total. The molecule has 1 N–H and O–H groups in total. The fourth-order valence-corrected chi connectivity index (χ4v) is 3.10. The largest absolute Gasteiger partial charge is 0.368 e. The molecular weight excluding hydrogens is 289 g/mol. The maximum absolute atomic E-state index is 13.7. The van der Waals surface area contributed by atoms with Gasteiger partial charge in [-0.1, -0.05) is 30.3 Å². The summed E-state index contributed by atoms with van der Waals surface area (Å²) in [6, 6.07) is 17.0. The van der Waals surface area contributed by atoms with E-state index in [1.807, 2.05) is 18.2 Å². The fraction of sp³-hybridized carbons (Fsp3) is 0.211. The highest BCUT2D eigenvalue weighted by atomic mass is 19.1. The van der Waals surface area contributed by atoms with E-state index in [2.05, 4.69) is 28.4 Å². The zero-order valence-electron chi connectivity index (χ0n) is 12.8. The van der Waals surface area contributed by atoms with E-state index in [4.69, 9.17) is 4.98 Å². The maximum atomic E-state index is 13.7. The van der Waals surface area contributed by atoms with Crippen LogP contribution in [0.4, 0.5) is 10.1 Å². The molecule has 0 aliphatic carbocycles. The molecule has 0 atom stereocenters. The molecule has 4 rings (SSSR count). The highest BCUT2D eigenvalue weighted by Gasteiger charge is 2.16. The van der Waals surface area contributed by atoms with E-state index in [1.165, 1.54) is 6.07 Å².